The first-order valence-electron chi connectivity index (χ1n) is 6.37. The Hall–Kier alpha value is -0.160. The van der Waals surface area contributed by atoms with Gasteiger partial charge in [0.05, 0.1) is 13.2 Å². The molecule has 0 saturated heterocycles. The lowest BCUT2D eigenvalue weighted by Gasteiger charge is -2.21. The average Bonchev–Trinajstić information content (AvgIpc) is 2.29. The third-order valence-corrected chi connectivity index (χ3v) is 2.41. The minimum atomic E-state index is 0.801. The Morgan fingerprint density at radius 2 is 1.50 bits per heavy atom. The summed E-state index contributed by atoms with van der Waals surface area (Å²) in [6, 6.07) is 0. The smallest absolute Gasteiger partial charge is 0.0593 e. The van der Waals surface area contributed by atoms with Gasteiger partial charge in [-0.25, -0.2) is 0 Å². The maximum absolute atomic E-state index is 5.38. The number of ether oxygens (including phenoxy) is 2. The molecule has 0 fully saturated rings. The summed E-state index contributed by atoms with van der Waals surface area (Å²) in [4.78, 5) is 2.41. The summed E-state index contributed by atoms with van der Waals surface area (Å²) >= 11 is 0. The van der Waals surface area contributed by atoms with E-state index in [0.717, 1.165) is 52.6 Å². The lowest BCUT2D eigenvalue weighted by atomic mass is 10.3. The van der Waals surface area contributed by atoms with Gasteiger partial charge in [0.25, 0.3) is 0 Å². The summed E-state index contributed by atoms with van der Waals surface area (Å²) in [5.41, 5.74) is 0. The molecule has 0 aliphatic heterocycles. The normalized spacial score (nSPS) is 11.2. The summed E-state index contributed by atoms with van der Waals surface area (Å²) in [7, 11) is 1.99. The van der Waals surface area contributed by atoms with Gasteiger partial charge < -0.3 is 14.8 Å². The van der Waals surface area contributed by atoms with Gasteiger partial charge >= 0.3 is 0 Å². The number of nitrogens with one attached hydrogen (secondary N) is 1. The van der Waals surface area contributed by atoms with Crippen molar-refractivity contribution in [3.05, 3.63) is 0 Å². The van der Waals surface area contributed by atoms with Crippen LogP contribution >= 0.6 is 0 Å². The van der Waals surface area contributed by atoms with Crippen molar-refractivity contribution in [2.24, 2.45) is 0 Å². The van der Waals surface area contributed by atoms with E-state index >= 15 is 0 Å². The van der Waals surface area contributed by atoms with Crippen molar-refractivity contribution in [3.8, 4) is 0 Å². The van der Waals surface area contributed by atoms with Crippen LogP contribution in [0.3, 0.4) is 0 Å². The molecule has 1 N–H and O–H groups in total. The third kappa shape index (κ3) is 10.4. The fourth-order valence-corrected chi connectivity index (χ4v) is 1.49. The zero-order valence-corrected chi connectivity index (χ0v) is 11.1. The standard InChI is InChI=1S/C12H28N2O2/c1-4-15-11-9-14(8-6-7-13-3)10-12-16-5-2/h13H,4-12H2,1-3H3. The molecule has 0 amide bonds. The molecule has 0 radical (unpaired) electrons. The topological polar surface area (TPSA) is 33.7 Å². The van der Waals surface area contributed by atoms with Crippen LogP contribution in [0.2, 0.25) is 0 Å². The van der Waals surface area contributed by atoms with Crippen molar-refractivity contribution >= 4 is 0 Å². The second-order valence-electron chi connectivity index (χ2n) is 3.69. The molecule has 0 aromatic carbocycles. The predicted octanol–water partition coefficient (Wildman–Crippen LogP) is 0.971. The fraction of sp³-hybridized carbons (Fsp3) is 1.00. The van der Waals surface area contributed by atoms with E-state index in [0.29, 0.717) is 0 Å². The molecule has 0 saturated carbocycles. The monoisotopic (exact) mass is 232 g/mol. The minimum Gasteiger partial charge on any atom is -0.380 e. The molecule has 0 bridgehead atoms. The maximum atomic E-state index is 5.38. The quantitative estimate of drug-likeness (QED) is 0.508. The van der Waals surface area contributed by atoms with E-state index in [1.54, 1.807) is 0 Å². The first-order chi connectivity index (χ1) is 7.85. The van der Waals surface area contributed by atoms with E-state index in [9.17, 15) is 0 Å². The molecule has 4 nitrogen and oxygen atoms in total. The van der Waals surface area contributed by atoms with Crippen LogP contribution in [0, 0.1) is 0 Å². The summed E-state index contributed by atoms with van der Waals surface area (Å²) in [5, 5.41) is 3.17. The second kappa shape index (κ2) is 12.9. The van der Waals surface area contributed by atoms with Crippen molar-refractivity contribution in [2.45, 2.75) is 20.3 Å². The molecule has 0 spiro atoms. The molecular formula is C12H28N2O2. The molecule has 0 aromatic heterocycles. The molecule has 0 aliphatic rings. The van der Waals surface area contributed by atoms with E-state index in [1.807, 2.05) is 20.9 Å². The molecule has 0 atom stereocenters. The average molecular weight is 232 g/mol. The van der Waals surface area contributed by atoms with E-state index in [4.69, 9.17) is 9.47 Å². The molecule has 0 rings (SSSR count). The van der Waals surface area contributed by atoms with Gasteiger partial charge in [0.2, 0.25) is 0 Å². The van der Waals surface area contributed by atoms with E-state index in [-0.39, 0.29) is 0 Å². The van der Waals surface area contributed by atoms with Crippen LogP contribution in [0.5, 0.6) is 0 Å². The predicted molar refractivity (Wildman–Crippen MR) is 68.0 cm³/mol. The highest BCUT2D eigenvalue weighted by Gasteiger charge is 2.03. The second-order valence-corrected chi connectivity index (χ2v) is 3.69. The maximum Gasteiger partial charge on any atom is 0.0593 e. The third-order valence-electron chi connectivity index (χ3n) is 2.41. The number of hydrogen-bond donors (Lipinski definition) is 1. The van der Waals surface area contributed by atoms with Crippen LogP contribution in [-0.4, -0.2) is 64.6 Å². The van der Waals surface area contributed by atoms with Gasteiger partial charge in [-0.3, -0.25) is 4.90 Å². The lowest BCUT2D eigenvalue weighted by Crippen LogP contribution is -2.33. The van der Waals surface area contributed by atoms with Crippen molar-refractivity contribution in [3.63, 3.8) is 0 Å². The number of hydrogen-bond acceptors (Lipinski definition) is 4. The van der Waals surface area contributed by atoms with Gasteiger partial charge in [-0.15, -0.1) is 0 Å². The summed E-state index contributed by atoms with van der Waals surface area (Å²) in [5.74, 6) is 0. The van der Waals surface area contributed by atoms with E-state index < -0.39 is 0 Å². The van der Waals surface area contributed by atoms with Crippen LogP contribution in [0.1, 0.15) is 20.3 Å². The first kappa shape index (κ1) is 15.8. The van der Waals surface area contributed by atoms with Crippen LogP contribution < -0.4 is 5.32 Å². The molecule has 98 valence electrons. The van der Waals surface area contributed by atoms with Crippen LogP contribution in [-0.2, 0) is 9.47 Å². The van der Waals surface area contributed by atoms with Gasteiger partial charge in [0, 0.05) is 26.3 Å². The zero-order valence-electron chi connectivity index (χ0n) is 11.1. The minimum absolute atomic E-state index is 0.801. The van der Waals surface area contributed by atoms with Gasteiger partial charge in [-0.05, 0) is 40.4 Å². The Morgan fingerprint density at radius 1 is 0.938 bits per heavy atom. The molecule has 4 heteroatoms. The van der Waals surface area contributed by atoms with E-state index in [2.05, 4.69) is 10.2 Å². The summed E-state index contributed by atoms with van der Waals surface area (Å²) < 4.78 is 10.8. The highest BCUT2D eigenvalue weighted by molar-refractivity contribution is 4.58. The highest BCUT2D eigenvalue weighted by atomic mass is 16.5. The van der Waals surface area contributed by atoms with Crippen molar-refractivity contribution in [1.82, 2.24) is 10.2 Å². The first-order valence-corrected chi connectivity index (χ1v) is 6.37. The highest BCUT2D eigenvalue weighted by Crippen LogP contribution is 1.92. The fourth-order valence-electron chi connectivity index (χ4n) is 1.49. The molecule has 16 heavy (non-hydrogen) atoms. The molecular weight excluding hydrogens is 204 g/mol. The number of nitrogens with zero attached hydrogens (tertiary/aromatic N) is 1. The Balaban J connectivity index is 3.58. The van der Waals surface area contributed by atoms with Gasteiger partial charge in [0.1, 0.15) is 0 Å². The van der Waals surface area contributed by atoms with Crippen LogP contribution in [0.4, 0.5) is 0 Å². The lowest BCUT2D eigenvalue weighted by molar-refractivity contribution is 0.0824. The van der Waals surface area contributed by atoms with Gasteiger partial charge in [-0.1, -0.05) is 0 Å². The largest absolute Gasteiger partial charge is 0.380 e. The van der Waals surface area contributed by atoms with Gasteiger partial charge in [-0.2, -0.15) is 0 Å². The van der Waals surface area contributed by atoms with Crippen molar-refractivity contribution in [1.29, 1.82) is 0 Å². The Kier molecular flexibility index (Phi) is 12.8. The van der Waals surface area contributed by atoms with Crippen molar-refractivity contribution in [2.75, 3.05) is 59.7 Å². The SMILES string of the molecule is CCOCCN(CCCNC)CCOCC. The Labute approximate surface area is 100 Å². The van der Waals surface area contributed by atoms with E-state index in [1.165, 1.54) is 6.42 Å². The molecule has 0 heterocycles. The molecule has 0 aliphatic carbocycles. The summed E-state index contributed by atoms with van der Waals surface area (Å²) in [6.45, 7) is 11.5. The molecule has 0 unspecified atom stereocenters. The van der Waals surface area contributed by atoms with Crippen molar-refractivity contribution < 1.29 is 9.47 Å². The van der Waals surface area contributed by atoms with Crippen LogP contribution in [0.25, 0.3) is 0 Å². The summed E-state index contributed by atoms with van der Waals surface area (Å²) in [6.07, 6.45) is 1.18. The Morgan fingerprint density at radius 3 is 1.94 bits per heavy atom. The Bertz CT molecular complexity index is 110. The molecule has 0 aromatic rings. The number of rotatable bonds is 12. The van der Waals surface area contributed by atoms with Crippen LogP contribution in [0.15, 0.2) is 0 Å². The van der Waals surface area contributed by atoms with Gasteiger partial charge in [0.15, 0.2) is 0 Å². The zero-order chi connectivity index (χ0) is 12.1.